The lowest BCUT2D eigenvalue weighted by Crippen LogP contribution is -2.49. The van der Waals surface area contributed by atoms with E-state index in [4.69, 9.17) is 4.42 Å². The summed E-state index contributed by atoms with van der Waals surface area (Å²) in [7, 11) is 2.04. The molecule has 1 aliphatic heterocycles. The van der Waals surface area contributed by atoms with Crippen LogP contribution in [0.25, 0.3) is 0 Å². The number of aromatic nitrogens is 2. The topological polar surface area (TPSA) is 65.7 Å². The van der Waals surface area contributed by atoms with Gasteiger partial charge in [-0.25, -0.2) is 0 Å². The van der Waals surface area contributed by atoms with E-state index >= 15 is 0 Å². The monoisotopic (exact) mass is 391 g/mol. The number of carbonyl (C=O) groups excluding carboxylic acids is 1. The van der Waals surface area contributed by atoms with Crippen LogP contribution in [0.3, 0.4) is 0 Å². The molecular formula is C22H25N5O2. The molecule has 2 heterocycles. The highest BCUT2D eigenvalue weighted by atomic mass is 16.4. The van der Waals surface area contributed by atoms with E-state index in [9.17, 15) is 4.79 Å². The van der Waals surface area contributed by atoms with Gasteiger partial charge in [-0.05, 0) is 23.8 Å². The first kappa shape index (κ1) is 19.0. The minimum absolute atomic E-state index is 0.0568. The molecule has 0 radical (unpaired) electrons. The molecule has 3 aromatic rings. The fourth-order valence-corrected chi connectivity index (χ4v) is 3.52. The number of nitrogens with zero attached hydrogens (tertiary/aromatic N) is 5. The molecule has 0 saturated carbocycles. The molecular weight excluding hydrogens is 366 g/mol. The van der Waals surface area contributed by atoms with Crippen LogP contribution in [0.15, 0.2) is 59.0 Å². The van der Waals surface area contributed by atoms with Gasteiger partial charge in [-0.3, -0.25) is 4.79 Å². The van der Waals surface area contributed by atoms with Crippen LogP contribution in [0.2, 0.25) is 0 Å². The Hall–Kier alpha value is -3.35. The van der Waals surface area contributed by atoms with Crippen LogP contribution in [0.5, 0.6) is 0 Å². The average Bonchev–Trinajstić information content (AvgIpc) is 3.20. The Labute approximate surface area is 170 Å². The molecule has 1 saturated heterocycles. The van der Waals surface area contributed by atoms with Gasteiger partial charge >= 0.3 is 6.01 Å². The summed E-state index contributed by atoms with van der Waals surface area (Å²) < 4.78 is 5.49. The third-order valence-electron chi connectivity index (χ3n) is 5.15. The maximum Gasteiger partial charge on any atom is 0.318 e. The molecule has 0 spiro atoms. The molecule has 0 bridgehead atoms. The van der Waals surface area contributed by atoms with E-state index in [0.717, 1.165) is 12.2 Å². The highest BCUT2D eigenvalue weighted by Gasteiger charge is 2.25. The molecule has 7 heteroatoms. The summed E-state index contributed by atoms with van der Waals surface area (Å²) in [6, 6.07) is 18.7. The van der Waals surface area contributed by atoms with Gasteiger partial charge in [0.25, 0.3) is 5.91 Å². The van der Waals surface area contributed by atoms with Crippen molar-refractivity contribution in [3.8, 4) is 0 Å². The van der Waals surface area contributed by atoms with Gasteiger partial charge in [0.2, 0.25) is 5.89 Å². The predicted octanol–water partition coefficient (Wildman–Crippen LogP) is 2.98. The smallest absolute Gasteiger partial charge is 0.318 e. The zero-order valence-corrected chi connectivity index (χ0v) is 16.8. The maximum absolute atomic E-state index is 13.0. The predicted molar refractivity (Wildman–Crippen MR) is 112 cm³/mol. The molecule has 1 amide bonds. The summed E-state index contributed by atoms with van der Waals surface area (Å²) in [5.74, 6) is 0.608. The molecule has 2 aromatic carbocycles. The van der Waals surface area contributed by atoms with Crippen LogP contribution in [0.1, 0.15) is 21.8 Å². The van der Waals surface area contributed by atoms with E-state index in [1.54, 1.807) is 6.92 Å². The van der Waals surface area contributed by atoms with Gasteiger partial charge in [-0.2, -0.15) is 0 Å². The van der Waals surface area contributed by atoms with Gasteiger partial charge in [0.15, 0.2) is 0 Å². The normalized spacial score (nSPS) is 14.1. The highest BCUT2D eigenvalue weighted by Crippen LogP contribution is 2.20. The first-order valence-electron chi connectivity index (χ1n) is 9.79. The lowest BCUT2D eigenvalue weighted by molar-refractivity contribution is 0.0745. The number of hydrogen-bond donors (Lipinski definition) is 0. The Morgan fingerprint density at radius 1 is 1.03 bits per heavy atom. The van der Waals surface area contributed by atoms with Crippen molar-refractivity contribution in [2.75, 3.05) is 43.0 Å². The van der Waals surface area contributed by atoms with Crippen molar-refractivity contribution in [3.63, 3.8) is 0 Å². The van der Waals surface area contributed by atoms with Gasteiger partial charge < -0.3 is 19.1 Å². The molecule has 0 unspecified atom stereocenters. The number of rotatable bonds is 5. The van der Waals surface area contributed by atoms with E-state index in [-0.39, 0.29) is 5.91 Å². The second kappa shape index (κ2) is 8.34. The largest absolute Gasteiger partial charge is 0.408 e. The van der Waals surface area contributed by atoms with Crippen LogP contribution >= 0.6 is 0 Å². The zero-order valence-electron chi connectivity index (χ0n) is 16.8. The van der Waals surface area contributed by atoms with Gasteiger partial charge in [0, 0.05) is 57.9 Å². The molecule has 1 aromatic heterocycles. The van der Waals surface area contributed by atoms with E-state index in [1.807, 2.05) is 59.3 Å². The van der Waals surface area contributed by atoms with Gasteiger partial charge in [0.1, 0.15) is 0 Å². The van der Waals surface area contributed by atoms with E-state index in [2.05, 4.69) is 27.2 Å². The van der Waals surface area contributed by atoms with Gasteiger partial charge in [0.05, 0.1) is 0 Å². The molecule has 0 aliphatic carbocycles. The van der Waals surface area contributed by atoms with Gasteiger partial charge in [-0.15, -0.1) is 5.10 Å². The summed E-state index contributed by atoms with van der Waals surface area (Å²) in [6.45, 7) is 5.19. The number of amides is 1. The van der Waals surface area contributed by atoms with Gasteiger partial charge in [-0.1, -0.05) is 41.5 Å². The Morgan fingerprint density at radius 3 is 2.48 bits per heavy atom. The fourth-order valence-electron chi connectivity index (χ4n) is 3.52. The van der Waals surface area contributed by atoms with Crippen molar-refractivity contribution in [2.45, 2.75) is 13.5 Å². The number of anilines is 2. The summed E-state index contributed by atoms with van der Waals surface area (Å²) in [5.41, 5.74) is 2.98. The van der Waals surface area contributed by atoms with E-state index in [1.165, 1.54) is 5.56 Å². The van der Waals surface area contributed by atoms with Crippen LogP contribution in [-0.2, 0) is 6.54 Å². The summed E-state index contributed by atoms with van der Waals surface area (Å²) in [4.78, 5) is 19.1. The van der Waals surface area contributed by atoms with Crippen molar-refractivity contribution in [1.82, 2.24) is 15.1 Å². The molecule has 1 aliphatic rings. The number of carbonyl (C=O) groups is 1. The third kappa shape index (κ3) is 4.39. The van der Waals surface area contributed by atoms with Crippen LogP contribution in [-0.4, -0.2) is 54.2 Å². The quantitative estimate of drug-likeness (QED) is 0.666. The van der Waals surface area contributed by atoms with Crippen LogP contribution in [0, 0.1) is 6.92 Å². The lowest BCUT2D eigenvalue weighted by atomic mass is 10.1. The SMILES string of the molecule is Cc1nnc(N2CCN(C(=O)c3cccc(N(C)Cc4ccccc4)c3)CC2)o1. The van der Waals surface area contributed by atoms with E-state index < -0.39 is 0 Å². The third-order valence-corrected chi connectivity index (χ3v) is 5.15. The molecule has 1 fully saturated rings. The number of benzene rings is 2. The minimum Gasteiger partial charge on any atom is -0.408 e. The molecule has 0 N–H and O–H groups in total. The Bertz CT molecular complexity index is 964. The molecule has 7 nitrogen and oxygen atoms in total. The minimum atomic E-state index is 0.0568. The molecule has 150 valence electrons. The van der Waals surface area contributed by atoms with Crippen molar-refractivity contribution in [2.24, 2.45) is 0 Å². The second-order valence-electron chi connectivity index (χ2n) is 7.27. The average molecular weight is 391 g/mol. The Kier molecular flexibility index (Phi) is 5.46. The number of aryl methyl sites for hydroxylation is 1. The fraction of sp³-hybridized carbons (Fsp3) is 0.318. The van der Waals surface area contributed by atoms with Crippen molar-refractivity contribution in [3.05, 3.63) is 71.6 Å². The number of hydrogen-bond acceptors (Lipinski definition) is 6. The Balaban J connectivity index is 1.40. The molecule has 29 heavy (non-hydrogen) atoms. The summed E-state index contributed by atoms with van der Waals surface area (Å²) in [6.07, 6.45) is 0. The molecule has 0 atom stereocenters. The summed E-state index contributed by atoms with van der Waals surface area (Å²) >= 11 is 0. The second-order valence-corrected chi connectivity index (χ2v) is 7.27. The van der Waals surface area contributed by atoms with Crippen LogP contribution in [0.4, 0.5) is 11.7 Å². The maximum atomic E-state index is 13.0. The van der Waals surface area contributed by atoms with Crippen molar-refractivity contribution < 1.29 is 9.21 Å². The standard InChI is InChI=1S/C22H25N5O2/c1-17-23-24-22(29-17)27-13-11-26(12-14-27)21(28)19-9-6-10-20(15-19)25(2)16-18-7-4-3-5-8-18/h3-10,15H,11-14,16H2,1-2H3. The number of piperazine rings is 1. The zero-order chi connectivity index (χ0) is 20.2. The first-order chi connectivity index (χ1) is 14.1. The highest BCUT2D eigenvalue weighted by molar-refractivity contribution is 5.95. The van der Waals surface area contributed by atoms with E-state index in [0.29, 0.717) is 43.6 Å². The van der Waals surface area contributed by atoms with Crippen molar-refractivity contribution >= 4 is 17.6 Å². The van der Waals surface area contributed by atoms with Crippen molar-refractivity contribution in [1.29, 1.82) is 0 Å². The lowest BCUT2D eigenvalue weighted by Gasteiger charge is -2.33. The van der Waals surface area contributed by atoms with Crippen LogP contribution < -0.4 is 9.80 Å². The molecule has 4 rings (SSSR count). The first-order valence-corrected chi connectivity index (χ1v) is 9.79. The Morgan fingerprint density at radius 2 is 1.79 bits per heavy atom. The summed E-state index contributed by atoms with van der Waals surface area (Å²) in [5, 5.41) is 7.94.